The van der Waals surface area contributed by atoms with Crippen molar-refractivity contribution in [2.45, 2.75) is 30.7 Å². The van der Waals surface area contributed by atoms with Gasteiger partial charge in [0.05, 0.1) is 0 Å². The summed E-state index contributed by atoms with van der Waals surface area (Å²) in [5.41, 5.74) is -1.03. The van der Waals surface area contributed by atoms with E-state index in [2.05, 4.69) is 0 Å². The highest BCUT2D eigenvalue weighted by Gasteiger charge is 2.43. The lowest BCUT2D eigenvalue weighted by Gasteiger charge is -2.38. The fourth-order valence-corrected chi connectivity index (χ4v) is 3.49. The third-order valence-corrected chi connectivity index (χ3v) is 5.23. The molecule has 12 heteroatoms. The van der Waals surface area contributed by atoms with E-state index in [9.17, 15) is 45.6 Å². The standard InChI is InChI=1S/C21H20O12/c22-8-4-11(25)14-12(5-8)32-19(7-1-2-9(23)10(24)3-7)20(16(14)27)31-6-13-15(26)17(28)18(29)21(30)33-13/h1-5,13,15,17-18,21-26,28-30H,6H2/t13-,15+,17+,18-,21-/m1/s1. The molecule has 2 aromatic carbocycles. The van der Waals surface area contributed by atoms with Crippen LogP contribution < -0.4 is 10.2 Å². The summed E-state index contributed by atoms with van der Waals surface area (Å²) in [6.07, 6.45) is -8.39. The fourth-order valence-electron chi connectivity index (χ4n) is 3.49. The average Bonchev–Trinajstić information content (AvgIpc) is 2.76. The van der Waals surface area contributed by atoms with E-state index in [-0.39, 0.29) is 22.3 Å². The van der Waals surface area contributed by atoms with E-state index in [0.29, 0.717) is 0 Å². The molecule has 3 aromatic rings. The molecular formula is C21H20O12. The number of hydrogen-bond acceptors (Lipinski definition) is 12. The summed E-state index contributed by atoms with van der Waals surface area (Å²) in [6.45, 7) is -0.603. The molecule has 1 fully saturated rings. The number of aromatic hydroxyl groups is 4. The second kappa shape index (κ2) is 8.42. The highest BCUT2D eigenvalue weighted by Crippen LogP contribution is 2.38. The summed E-state index contributed by atoms with van der Waals surface area (Å²) in [6, 6.07) is 5.49. The number of aliphatic hydroxyl groups is 4. The molecule has 0 amide bonds. The molecule has 176 valence electrons. The first kappa shape index (κ1) is 22.6. The lowest BCUT2D eigenvalue weighted by Crippen LogP contribution is -2.58. The van der Waals surface area contributed by atoms with Gasteiger partial charge in [-0.15, -0.1) is 0 Å². The van der Waals surface area contributed by atoms with Gasteiger partial charge in [0, 0.05) is 17.7 Å². The monoisotopic (exact) mass is 464 g/mol. The van der Waals surface area contributed by atoms with Crippen LogP contribution in [-0.4, -0.2) is 78.2 Å². The Hall–Kier alpha value is -3.55. The molecule has 8 N–H and O–H groups in total. The van der Waals surface area contributed by atoms with Gasteiger partial charge in [-0.25, -0.2) is 0 Å². The van der Waals surface area contributed by atoms with Crippen molar-refractivity contribution in [2.24, 2.45) is 0 Å². The number of rotatable bonds is 4. The van der Waals surface area contributed by atoms with Crippen LogP contribution in [0.15, 0.2) is 39.5 Å². The second-order valence-electron chi connectivity index (χ2n) is 7.48. The van der Waals surface area contributed by atoms with Gasteiger partial charge in [-0.1, -0.05) is 0 Å². The van der Waals surface area contributed by atoms with Gasteiger partial charge in [-0.05, 0) is 18.2 Å². The third kappa shape index (κ3) is 4.01. The molecule has 0 aliphatic carbocycles. The minimum absolute atomic E-state index is 0.0720. The van der Waals surface area contributed by atoms with E-state index in [4.69, 9.17) is 13.9 Å². The third-order valence-electron chi connectivity index (χ3n) is 5.23. The maximum absolute atomic E-state index is 13.2. The number of phenols is 4. The molecule has 1 aliphatic heterocycles. The Balaban J connectivity index is 1.81. The van der Waals surface area contributed by atoms with Gasteiger partial charge in [-0.2, -0.15) is 0 Å². The second-order valence-corrected chi connectivity index (χ2v) is 7.48. The lowest BCUT2D eigenvalue weighted by molar-refractivity contribution is -0.285. The largest absolute Gasteiger partial charge is 0.508 e. The zero-order valence-electron chi connectivity index (χ0n) is 16.7. The van der Waals surface area contributed by atoms with E-state index < -0.39 is 71.5 Å². The first-order chi connectivity index (χ1) is 15.6. The normalized spacial score (nSPS) is 25.3. The molecule has 1 aliphatic rings. The van der Waals surface area contributed by atoms with E-state index in [1.165, 1.54) is 6.07 Å². The molecule has 0 saturated carbocycles. The Morgan fingerprint density at radius 1 is 0.848 bits per heavy atom. The summed E-state index contributed by atoms with van der Waals surface area (Å²) in [4.78, 5) is 13.2. The SMILES string of the molecule is O=c1c(OC[C@H]2O[C@@H](O)[C@H](O)[C@@H](O)[C@H]2O)c(-c2ccc(O)c(O)c2)oc2cc(O)cc(O)c12. The summed E-state index contributed by atoms with van der Waals surface area (Å²) < 4.78 is 16.2. The minimum atomic E-state index is -1.83. The van der Waals surface area contributed by atoms with E-state index >= 15 is 0 Å². The molecule has 0 unspecified atom stereocenters. The van der Waals surface area contributed by atoms with Crippen LogP contribution in [0.4, 0.5) is 0 Å². The maximum Gasteiger partial charge on any atom is 0.239 e. The Kier molecular flexibility index (Phi) is 5.78. The maximum atomic E-state index is 13.2. The van der Waals surface area contributed by atoms with Crippen LogP contribution in [0.1, 0.15) is 0 Å². The average molecular weight is 464 g/mol. The van der Waals surface area contributed by atoms with E-state index in [1.54, 1.807) is 0 Å². The minimum Gasteiger partial charge on any atom is -0.508 e. The van der Waals surface area contributed by atoms with Crippen LogP contribution in [0, 0.1) is 0 Å². The number of ether oxygens (including phenoxy) is 2. The van der Waals surface area contributed by atoms with Gasteiger partial charge in [0.25, 0.3) is 0 Å². The Morgan fingerprint density at radius 3 is 2.27 bits per heavy atom. The van der Waals surface area contributed by atoms with Gasteiger partial charge in [-0.3, -0.25) is 4.79 Å². The van der Waals surface area contributed by atoms with Crippen molar-refractivity contribution in [3.05, 3.63) is 40.6 Å². The quantitative estimate of drug-likeness (QED) is 0.229. The first-order valence-corrected chi connectivity index (χ1v) is 9.64. The van der Waals surface area contributed by atoms with E-state index in [1.807, 2.05) is 0 Å². The zero-order valence-corrected chi connectivity index (χ0v) is 16.7. The fraction of sp³-hybridized carbons (Fsp3) is 0.286. The number of hydrogen-bond donors (Lipinski definition) is 8. The van der Waals surface area contributed by atoms with Crippen LogP contribution in [0.25, 0.3) is 22.3 Å². The van der Waals surface area contributed by atoms with Crippen LogP contribution in [0.5, 0.6) is 28.7 Å². The number of aliphatic hydroxyl groups excluding tert-OH is 4. The van der Waals surface area contributed by atoms with Gasteiger partial charge in [0.15, 0.2) is 23.5 Å². The highest BCUT2D eigenvalue weighted by molar-refractivity contribution is 5.88. The molecule has 2 heterocycles. The number of benzene rings is 2. The Labute approximate surface area is 184 Å². The van der Waals surface area contributed by atoms with Crippen LogP contribution >= 0.6 is 0 Å². The number of fused-ring (bicyclic) bond motifs is 1. The van der Waals surface area contributed by atoms with Crippen LogP contribution in [0.3, 0.4) is 0 Å². The predicted molar refractivity (Wildman–Crippen MR) is 109 cm³/mol. The van der Waals surface area contributed by atoms with Crippen molar-refractivity contribution in [3.8, 4) is 40.1 Å². The van der Waals surface area contributed by atoms with Crippen molar-refractivity contribution in [3.63, 3.8) is 0 Å². The van der Waals surface area contributed by atoms with Crippen molar-refractivity contribution >= 4 is 11.0 Å². The molecule has 0 bridgehead atoms. The number of phenolic OH excluding ortho intramolecular Hbond substituents is 4. The molecule has 0 spiro atoms. The molecule has 12 nitrogen and oxygen atoms in total. The molecule has 5 atom stereocenters. The molecule has 0 radical (unpaired) electrons. The van der Waals surface area contributed by atoms with E-state index in [0.717, 1.165) is 24.3 Å². The molecular weight excluding hydrogens is 444 g/mol. The van der Waals surface area contributed by atoms with Crippen LogP contribution in [-0.2, 0) is 4.74 Å². The zero-order chi connectivity index (χ0) is 24.0. The van der Waals surface area contributed by atoms with Crippen molar-refractivity contribution in [1.29, 1.82) is 0 Å². The Bertz CT molecular complexity index is 1250. The highest BCUT2D eigenvalue weighted by atomic mass is 16.6. The van der Waals surface area contributed by atoms with Gasteiger partial charge >= 0.3 is 0 Å². The molecule has 1 saturated heterocycles. The smallest absolute Gasteiger partial charge is 0.239 e. The van der Waals surface area contributed by atoms with Crippen molar-refractivity contribution in [2.75, 3.05) is 6.61 Å². The molecule has 4 rings (SSSR count). The summed E-state index contributed by atoms with van der Waals surface area (Å²) in [7, 11) is 0. The van der Waals surface area contributed by atoms with Crippen LogP contribution in [0.2, 0.25) is 0 Å². The van der Waals surface area contributed by atoms with Gasteiger partial charge in [0.2, 0.25) is 11.2 Å². The molecule has 33 heavy (non-hydrogen) atoms. The lowest BCUT2D eigenvalue weighted by atomic mass is 9.99. The van der Waals surface area contributed by atoms with Crippen molar-refractivity contribution in [1.82, 2.24) is 0 Å². The Morgan fingerprint density at radius 2 is 1.58 bits per heavy atom. The summed E-state index contributed by atoms with van der Waals surface area (Å²) >= 11 is 0. The van der Waals surface area contributed by atoms with Gasteiger partial charge in [0.1, 0.15) is 53.5 Å². The summed E-state index contributed by atoms with van der Waals surface area (Å²) in [5.74, 6) is -2.74. The first-order valence-electron chi connectivity index (χ1n) is 9.64. The molecule has 1 aromatic heterocycles. The van der Waals surface area contributed by atoms with Crippen molar-refractivity contribution < 1.29 is 54.7 Å². The summed E-state index contributed by atoms with van der Waals surface area (Å²) in [5, 5.41) is 78.2. The topological polar surface area (TPSA) is 211 Å². The van der Waals surface area contributed by atoms with Gasteiger partial charge < -0.3 is 54.7 Å². The predicted octanol–water partition coefficient (Wildman–Crippen LogP) is -0.539.